The molecule has 94 valence electrons. The maximum atomic E-state index is 11.5. The third kappa shape index (κ3) is 1.91. The van der Waals surface area contributed by atoms with Crippen LogP contribution in [0, 0.1) is 5.41 Å². The van der Waals surface area contributed by atoms with Crippen LogP contribution in [0.3, 0.4) is 0 Å². The summed E-state index contributed by atoms with van der Waals surface area (Å²) in [5.41, 5.74) is 2.00. The molecular formula is C16H18O2. The van der Waals surface area contributed by atoms with Crippen LogP contribution < -0.4 is 0 Å². The zero-order chi connectivity index (χ0) is 12.6. The highest BCUT2D eigenvalue weighted by Gasteiger charge is 2.52. The first-order chi connectivity index (χ1) is 8.72. The second-order valence-electron chi connectivity index (χ2n) is 5.46. The first-order valence-corrected chi connectivity index (χ1v) is 6.69. The SMILES string of the molecule is O=C1C=C(C2(C(O)c3ccccc3)CC2)CCC1. The molecule has 2 heteroatoms. The van der Waals surface area contributed by atoms with Crippen LogP contribution in [-0.4, -0.2) is 10.9 Å². The van der Waals surface area contributed by atoms with Crippen LogP contribution in [0.15, 0.2) is 42.0 Å². The Bertz CT molecular complexity index is 483. The zero-order valence-electron chi connectivity index (χ0n) is 10.4. The molecule has 18 heavy (non-hydrogen) atoms. The number of aliphatic hydroxyl groups is 1. The summed E-state index contributed by atoms with van der Waals surface area (Å²) in [7, 11) is 0. The van der Waals surface area contributed by atoms with Gasteiger partial charge >= 0.3 is 0 Å². The minimum atomic E-state index is -0.462. The third-order valence-corrected chi connectivity index (χ3v) is 4.27. The Morgan fingerprint density at radius 3 is 2.44 bits per heavy atom. The fraction of sp³-hybridized carbons (Fsp3) is 0.438. The molecule has 1 aromatic rings. The van der Waals surface area contributed by atoms with Gasteiger partial charge in [-0.15, -0.1) is 0 Å². The number of ketones is 1. The second-order valence-corrected chi connectivity index (χ2v) is 5.46. The van der Waals surface area contributed by atoms with E-state index in [2.05, 4.69) is 0 Å². The molecular weight excluding hydrogens is 224 g/mol. The van der Waals surface area contributed by atoms with Crippen molar-refractivity contribution < 1.29 is 9.90 Å². The maximum absolute atomic E-state index is 11.5. The van der Waals surface area contributed by atoms with Crippen LogP contribution in [0.25, 0.3) is 0 Å². The summed E-state index contributed by atoms with van der Waals surface area (Å²) in [6.07, 6.45) is 5.91. The summed E-state index contributed by atoms with van der Waals surface area (Å²) in [4.78, 5) is 11.5. The van der Waals surface area contributed by atoms with Crippen molar-refractivity contribution in [1.82, 2.24) is 0 Å². The van der Waals surface area contributed by atoms with E-state index < -0.39 is 6.10 Å². The van der Waals surface area contributed by atoms with Gasteiger partial charge in [-0.25, -0.2) is 0 Å². The lowest BCUT2D eigenvalue weighted by Crippen LogP contribution is -2.19. The molecule has 2 nitrogen and oxygen atoms in total. The summed E-state index contributed by atoms with van der Waals surface area (Å²) in [6, 6.07) is 9.80. The van der Waals surface area contributed by atoms with Crippen molar-refractivity contribution in [3.63, 3.8) is 0 Å². The average molecular weight is 242 g/mol. The largest absolute Gasteiger partial charge is 0.387 e. The van der Waals surface area contributed by atoms with E-state index in [0.717, 1.165) is 31.2 Å². The van der Waals surface area contributed by atoms with Crippen molar-refractivity contribution in [2.24, 2.45) is 5.41 Å². The highest BCUT2D eigenvalue weighted by Crippen LogP contribution is 2.61. The Morgan fingerprint density at radius 1 is 1.11 bits per heavy atom. The van der Waals surface area contributed by atoms with E-state index in [-0.39, 0.29) is 11.2 Å². The topological polar surface area (TPSA) is 37.3 Å². The molecule has 1 atom stereocenters. The van der Waals surface area contributed by atoms with Crippen LogP contribution in [0.2, 0.25) is 0 Å². The van der Waals surface area contributed by atoms with Crippen LogP contribution in [0.1, 0.15) is 43.8 Å². The Balaban J connectivity index is 1.89. The highest BCUT2D eigenvalue weighted by atomic mass is 16.3. The van der Waals surface area contributed by atoms with Crippen LogP contribution in [0.5, 0.6) is 0 Å². The molecule has 1 N–H and O–H groups in total. The lowest BCUT2D eigenvalue weighted by atomic mass is 9.80. The molecule has 1 saturated carbocycles. The van der Waals surface area contributed by atoms with E-state index in [9.17, 15) is 9.90 Å². The van der Waals surface area contributed by atoms with E-state index in [4.69, 9.17) is 0 Å². The number of hydrogen-bond donors (Lipinski definition) is 1. The molecule has 1 fully saturated rings. The van der Waals surface area contributed by atoms with E-state index in [1.165, 1.54) is 5.57 Å². The minimum absolute atomic E-state index is 0.141. The third-order valence-electron chi connectivity index (χ3n) is 4.27. The van der Waals surface area contributed by atoms with Crippen LogP contribution >= 0.6 is 0 Å². The van der Waals surface area contributed by atoms with E-state index in [0.29, 0.717) is 6.42 Å². The van der Waals surface area contributed by atoms with Gasteiger partial charge in [0.2, 0.25) is 0 Å². The van der Waals surface area contributed by atoms with Crippen molar-refractivity contribution in [2.75, 3.05) is 0 Å². The summed E-state index contributed by atoms with van der Waals surface area (Å²) in [5, 5.41) is 10.6. The van der Waals surface area contributed by atoms with Gasteiger partial charge in [0.25, 0.3) is 0 Å². The zero-order valence-corrected chi connectivity index (χ0v) is 10.4. The maximum Gasteiger partial charge on any atom is 0.155 e. The molecule has 0 aliphatic heterocycles. The number of allylic oxidation sites excluding steroid dienone is 1. The number of benzene rings is 1. The van der Waals surface area contributed by atoms with Gasteiger partial charge in [-0.3, -0.25) is 4.79 Å². The normalized spacial score (nSPS) is 23.4. The lowest BCUT2D eigenvalue weighted by molar-refractivity contribution is -0.115. The molecule has 0 aromatic heterocycles. The molecule has 2 aliphatic rings. The Labute approximate surface area is 107 Å². The number of hydrogen-bond acceptors (Lipinski definition) is 2. The van der Waals surface area contributed by atoms with E-state index in [1.54, 1.807) is 6.08 Å². The van der Waals surface area contributed by atoms with Crippen molar-refractivity contribution >= 4 is 5.78 Å². The quantitative estimate of drug-likeness (QED) is 0.884. The predicted octanol–water partition coefficient (Wildman–Crippen LogP) is 3.18. The number of carbonyl (C=O) groups is 1. The molecule has 0 saturated heterocycles. The van der Waals surface area contributed by atoms with Gasteiger partial charge in [-0.1, -0.05) is 35.9 Å². The highest BCUT2D eigenvalue weighted by molar-refractivity contribution is 5.91. The Kier molecular flexibility index (Phi) is 2.83. The Morgan fingerprint density at radius 2 is 1.83 bits per heavy atom. The van der Waals surface area contributed by atoms with Crippen molar-refractivity contribution in [2.45, 2.75) is 38.2 Å². The molecule has 0 bridgehead atoms. The van der Waals surface area contributed by atoms with Gasteiger partial charge in [0.1, 0.15) is 0 Å². The van der Waals surface area contributed by atoms with Crippen molar-refractivity contribution in [1.29, 1.82) is 0 Å². The fourth-order valence-corrected chi connectivity index (χ4v) is 3.04. The van der Waals surface area contributed by atoms with Gasteiger partial charge in [-0.05, 0) is 37.3 Å². The summed E-state index contributed by atoms with van der Waals surface area (Å²) in [5.74, 6) is 0.225. The first kappa shape index (κ1) is 11.7. The fourth-order valence-electron chi connectivity index (χ4n) is 3.04. The van der Waals surface area contributed by atoms with Crippen LogP contribution in [0.4, 0.5) is 0 Å². The van der Waals surface area contributed by atoms with Gasteiger partial charge in [-0.2, -0.15) is 0 Å². The number of rotatable bonds is 3. The van der Waals surface area contributed by atoms with Gasteiger partial charge in [0.05, 0.1) is 6.10 Å². The van der Waals surface area contributed by atoms with E-state index >= 15 is 0 Å². The summed E-state index contributed by atoms with van der Waals surface area (Å²) in [6.45, 7) is 0. The van der Waals surface area contributed by atoms with Gasteiger partial charge in [0.15, 0.2) is 5.78 Å². The molecule has 1 unspecified atom stereocenters. The molecule has 2 aliphatic carbocycles. The molecule has 0 radical (unpaired) electrons. The standard InChI is InChI=1S/C16H18O2/c17-14-8-4-7-13(11-14)16(9-10-16)15(18)12-5-2-1-3-6-12/h1-3,5-6,11,15,18H,4,7-10H2. The minimum Gasteiger partial charge on any atom is -0.387 e. The predicted molar refractivity (Wildman–Crippen MR) is 70.0 cm³/mol. The Hall–Kier alpha value is -1.41. The van der Waals surface area contributed by atoms with Crippen molar-refractivity contribution in [3.8, 4) is 0 Å². The molecule has 3 rings (SSSR count). The second kappa shape index (κ2) is 4.36. The van der Waals surface area contributed by atoms with Crippen LogP contribution in [-0.2, 0) is 4.79 Å². The average Bonchev–Trinajstić information content (AvgIpc) is 3.20. The first-order valence-electron chi connectivity index (χ1n) is 6.69. The smallest absolute Gasteiger partial charge is 0.155 e. The van der Waals surface area contributed by atoms with Gasteiger partial charge < -0.3 is 5.11 Å². The number of carbonyl (C=O) groups excluding carboxylic acids is 1. The van der Waals surface area contributed by atoms with E-state index in [1.807, 2.05) is 30.3 Å². The van der Waals surface area contributed by atoms with Gasteiger partial charge in [0, 0.05) is 11.8 Å². The molecule has 0 spiro atoms. The monoisotopic (exact) mass is 242 g/mol. The molecule has 0 amide bonds. The molecule has 1 aromatic carbocycles. The lowest BCUT2D eigenvalue weighted by Gasteiger charge is -2.27. The van der Waals surface area contributed by atoms with Crippen molar-refractivity contribution in [3.05, 3.63) is 47.5 Å². The number of aliphatic hydroxyl groups excluding tert-OH is 1. The molecule has 0 heterocycles. The summed E-state index contributed by atoms with van der Waals surface area (Å²) >= 11 is 0. The summed E-state index contributed by atoms with van der Waals surface area (Å²) < 4.78 is 0.